The average Bonchev–Trinajstić information content (AvgIpc) is 3.24. The molecular weight excluding hydrogens is 794 g/mol. The van der Waals surface area contributed by atoms with Crippen molar-refractivity contribution in [3.05, 3.63) is 134 Å². The van der Waals surface area contributed by atoms with Gasteiger partial charge in [-0.2, -0.15) is 0 Å². The number of carbonyl (C=O) groups excluding carboxylic acids is 2. The maximum Gasteiger partial charge on any atom is 0.472 e. The highest BCUT2D eigenvalue weighted by molar-refractivity contribution is 7.47. The van der Waals surface area contributed by atoms with Gasteiger partial charge in [0.15, 0.2) is 6.10 Å². The van der Waals surface area contributed by atoms with Gasteiger partial charge >= 0.3 is 19.8 Å². The van der Waals surface area contributed by atoms with E-state index in [0.717, 1.165) is 57.8 Å². The zero-order valence-electron chi connectivity index (χ0n) is 36.8. The Morgan fingerprint density at radius 1 is 0.574 bits per heavy atom. The van der Waals surface area contributed by atoms with E-state index < -0.39 is 44.7 Å². The third kappa shape index (κ3) is 42.5. The molecule has 11 nitrogen and oxygen atoms in total. The summed E-state index contributed by atoms with van der Waals surface area (Å²) in [6.45, 7) is 3.14. The van der Waals surface area contributed by atoms with E-state index in [1.54, 1.807) is 36.5 Å². The van der Waals surface area contributed by atoms with E-state index in [1.807, 2.05) is 43.4 Å². The molecule has 0 aromatic rings. The molecule has 0 fully saturated rings. The quantitative estimate of drug-likeness (QED) is 0.0153. The van der Waals surface area contributed by atoms with E-state index in [2.05, 4.69) is 67.7 Å². The molecule has 0 aromatic carbocycles. The second kappa shape index (κ2) is 42.7. The molecule has 12 heteroatoms. The fourth-order valence-corrected chi connectivity index (χ4v) is 5.74. The SMILES string of the molecule is CC/C=C\C/C=C\C/C=C\C/C=C\C/C=C\CCCCCC(=O)OC[C@H](COP(=O)(O)OCCN)OC(=O)CC/C=C\C/C=C\C[C@@H](O)/C=C/C=C\C=C\[C@@H](O)C/C=C\CC. The Morgan fingerprint density at radius 2 is 1.07 bits per heavy atom. The lowest BCUT2D eigenvalue weighted by atomic mass is 10.1. The number of esters is 2. The minimum absolute atomic E-state index is 0.0104. The molecule has 0 aliphatic rings. The van der Waals surface area contributed by atoms with Gasteiger partial charge in [0.1, 0.15) is 6.61 Å². The molecule has 0 bridgehead atoms. The first-order valence-electron chi connectivity index (χ1n) is 21.9. The summed E-state index contributed by atoms with van der Waals surface area (Å²) in [5.41, 5.74) is 5.33. The first-order valence-corrected chi connectivity index (χ1v) is 23.4. The molecule has 0 amide bonds. The first-order chi connectivity index (χ1) is 29.6. The van der Waals surface area contributed by atoms with Crippen LogP contribution < -0.4 is 5.73 Å². The number of carbonyl (C=O) groups is 2. The van der Waals surface area contributed by atoms with Gasteiger partial charge < -0.3 is 30.3 Å². The van der Waals surface area contributed by atoms with Crippen LogP contribution in [0.5, 0.6) is 0 Å². The van der Waals surface area contributed by atoms with Crippen LogP contribution in [0.4, 0.5) is 0 Å². The fraction of sp³-hybridized carbons (Fsp3) is 0.510. The summed E-state index contributed by atoms with van der Waals surface area (Å²) < 4.78 is 32.6. The molecule has 1 unspecified atom stereocenters. The second-order valence-corrected chi connectivity index (χ2v) is 15.3. The highest BCUT2D eigenvalue weighted by Gasteiger charge is 2.25. The van der Waals surface area contributed by atoms with Crippen LogP contribution >= 0.6 is 7.82 Å². The van der Waals surface area contributed by atoms with E-state index in [4.69, 9.17) is 24.3 Å². The standard InChI is InChI=1S/C49H76NO10P/c1-3-5-7-8-9-10-11-12-13-14-15-16-17-18-19-20-21-25-33-39-48(53)57-43-47(44-59-61(55,56)58-42-41-50)60-49(54)40-34-26-23-22-24-30-36-46(52)38-32-28-27-31-37-45(51)35-29-6-4-2/h5-7,9-10,12-13,15-16,18-19,23-24,26-32,37-38,45-47,51-52H,3-4,8,11,14,17,20-22,25,33-36,39-44,50H2,1-2H3,(H,55,56)/b7-5-,10-9-,13-12-,16-15-,19-18-,26-23-,28-27-,29-6-,30-24-,37-31+,38-32+/t45-,46+,47+/m0/s1. The van der Waals surface area contributed by atoms with Gasteiger partial charge in [-0.05, 0) is 83.5 Å². The molecule has 0 saturated carbocycles. The minimum Gasteiger partial charge on any atom is -0.462 e. The van der Waals surface area contributed by atoms with Crippen molar-refractivity contribution in [2.45, 2.75) is 135 Å². The Labute approximate surface area is 367 Å². The topological polar surface area (TPSA) is 175 Å². The van der Waals surface area contributed by atoms with Gasteiger partial charge in [0.2, 0.25) is 0 Å². The van der Waals surface area contributed by atoms with Crippen molar-refractivity contribution < 1.29 is 47.8 Å². The molecule has 4 atom stereocenters. The maximum absolute atomic E-state index is 12.6. The summed E-state index contributed by atoms with van der Waals surface area (Å²) in [5.74, 6) is -1.05. The number of hydrogen-bond donors (Lipinski definition) is 4. The van der Waals surface area contributed by atoms with Crippen molar-refractivity contribution in [3.8, 4) is 0 Å². The summed E-state index contributed by atoms with van der Waals surface area (Å²) in [6.07, 6.45) is 52.7. The van der Waals surface area contributed by atoms with Gasteiger partial charge in [0, 0.05) is 19.4 Å². The highest BCUT2D eigenvalue weighted by Crippen LogP contribution is 2.43. The predicted molar refractivity (Wildman–Crippen MR) is 249 cm³/mol. The summed E-state index contributed by atoms with van der Waals surface area (Å²) in [6, 6.07) is 0. The second-order valence-electron chi connectivity index (χ2n) is 13.8. The molecule has 0 radical (unpaired) electrons. The number of unbranched alkanes of at least 4 members (excludes halogenated alkanes) is 3. The van der Waals surface area contributed by atoms with Gasteiger partial charge in [-0.3, -0.25) is 18.6 Å². The Kier molecular flexibility index (Phi) is 40.0. The number of phosphoric ester groups is 1. The van der Waals surface area contributed by atoms with Gasteiger partial charge in [-0.1, -0.05) is 154 Å². The molecule has 5 N–H and O–H groups in total. The molecule has 61 heavy (non-hydrogen) atoms. The molecule has 0 aliphatic heterocycles. The predicted octanol–water partition coefficient (Wildman–Crippen LogP) is 10.7. The van der Waals surface area contributed by atoms with Gasteiger partial charge in [-0.25, -0.2) is 4.57 Å². The molecule has 0 heterocycles. The lowest BCUT2D eigenvalue weighted by Gasteiger charge is -2.19. The van der Waals surface area contributed by atoms with Crippen molar-refractivity contribution in [1.82, 2.24) is 0 Å². The van der Waals surface area contributed by atoms with E-state index >= 15 is 0 Å². The van der Waals surface area contributed by atoms with Gasteiger partial charge in [0.05, 0.1) is 25.4 Å². The van der Waals surface area contributed by atoms with E-state index in [1.165, 1.54) is 0 Å². The molecule has 0 rings (SSSR count). The molecule has 342 valence electrons. The Bertz CT molecular complexity index is 1490. The number of rotatable bonds is 38. The number of aliphatic hydroxyl groups is 2. The third-order valence-electron chi connectivity index (χ3n) is 8.21. The third-order valence-corrected chi connectivity index (χ3v) is 9.20. The van der Waals surface area contributed by atoms with Crippen LogP contribution in [0.2, 0.25) is 0 Å². The van der Waals surface area contributed by atoms with Crippen molar-refractivity contribution in [1.29, 1.82) is 0 Å². The normalized spacial score (nSPS) is 15.6. The largest absolute Gasteiger partial charge is 0.472 e. The number of allylic oxidation sites excluding steroid dienone is 18. The average molecular weight is 870 g/mol. The summed E-state index contributed by atoms with van der Waals surface area (Å²) in [7, 11) is -4.45. The van der Waals surface area contributed by atoms with Crippen LogP contribution in [-0.2, 0) is 32.7 Å². The van der Waals surface area contributed by atoms with Gasteiger partial charge in [0.25, 0.3) is 0 Å². The summed E-state index contributed by atoms with van der Waals surface area (Å²) in [5, 5.41) is 20.0. The van der Waals surface area contributed by atoms with Crippen molar-refractivity contribution in [3.63, 3.8) is 0 Å². The lowest BCUT2D eigenvalue weighted by molar-refractivity contribution is -0.161. The highest BCUT2D eigenvalue weighted by atomic mass is 31.2. The Hall–Kier alpha value is -3.93. The lowest BCUT2D eigenvalue weighted by Crippen LogP contribution is -2.29. The molecular formula is C49H76NO10P. The minimum atomic E-state index is -4.45. The van der Waals surface area contributed by atoms with Gasteiger partial charge in [-0.15, -0.1) is 0 Å². The number of phosphoric acid groups is 1. The number of aliphatic hydroxyl groups excluding tert-OH is 2. The summed E-state index contributed by atoms with van der Waals surface area (Å²) in [4.78, 5) is 34.9. The zero-order chi connectivity index (χ0) is 44.9. The Balaban J connectivity index is 4.48. The smallest absolute Gasteiger partial charge is 0.462 e. The maximum atomic E-state index is 12.6. The number of ether oxygens (including phenoxy) is 2. The van der Waals surface area contributed by atoms with E-state index in [9.17, 15) is 29.3 Å². The number of hydrogen-bond acceptors (Lipinski definition) is 10. The van der Waals surface area contributed by atoms with E-state index in [0.29, 0.717) is 32.1 Å². The molecule has 0 saturated heterocycles. The van der Waals surface area contributed by atoms with Crippen LogP contribution in [0.1, 0.15) is 117 Å². The first kappa shape index (κ1) is 57.1. The van der Waals surface area contributed by atoms with Crippen LogP contribution in [0.15, 0.2) is 134 Å². The van der Waals surface area contributed by atoms with Crippen LogP contribution in [-0.4, -0.2) is 71.7 Å². The zero-order valence-corrected chi connectivity index (χ0v) is 37.7. The Morgan fingerprint density at radius 3 is 1.62 bits per heavy atom. The summed E-state index contributed by atoms with van der Waals surface area (Å²) >= 11 is 0. The molecule has 0 aromatic heterocycles. The molecule has 0 aliphatic carbocycles. The van der Waals surface area contributed by atoms with Crippen LogP contribution in [0, 0.1) is 0 Å². The van der Waals surface area contributed by atoms with E-state index in [-0.39, 0.29) is 32.6 Å². The van der Waals surface area contributed by atoms with Crippen molar-refractivity contribution in [2.75, 3.05) is 26.4 Å². The van der Waals surface area contributed by atoms with Crippen LogP contribution in [0.3, 0.4) is 0 Å². The van der Waals surface area contributed by atoms with Crippen molar-refractivity contribution >= 4 is 19.8 Å². The number of nitrogens with two attached hydrogens (primary N) is 1. The van der Waals surface area contributed by atoms with Crippen molar-refractivity contribution in [2.24, 2.45) is 5.73 Å². The monoisotopic (exact) mass is 870 g/mol. The van der Waals surface area contributed by atoms with Crippen LogP contribution in [0.25, 0.3) is 0 Å². The fourth-order valence-electron chi connectivity index (χ4n) is 4.98. The molecule has 0 spiro atoms.